The normalized spacial score (nSPS) is 10.1. The molecule has 0 fully saturated rings. The summed E-state index contributed by atoms with van der Waals surface area (Å²) in [5.74, 6) is 0. The molecule has 0 amide bonds. The van der Waals surface area contributed by atoms with Gasteiger partial charge < -0.3 is 5.32 Å². The minimum absolute atomic E-state index is 0.0453. The van der Waals surface area contributed by atoms with Gasteiger partial charge in [0.1, 0.15) is 4.99 Å². The summed E-state index contributed by atoms with van der Waals surface area (Å²) >= 11 is 5.28. The number of hydrogen-bond donors (Lipinski definition) is 1. The van der Waals surface area contributed by atoms with E-state index in [1.54, 1.807) is 12.1 Å². The van der Waals surface area contributed by atoms with E-state index < -0.39 is 4.92 Å². The first-order valence-electron chi connectivity index (χ1n) is 6.70. The molecular weight excluding hydrogens is 284 g/mol. The lowest BCUT2D eigenvalue weighted by Gasteiger charge is -2.08. The van der Waals surface area contributed by atoms with Gasteiger partial charge in [-0.3, -0.25) is 10.1 Å². The molecule has 0 aliphatic carbocycles. The van der Waals surface area contributed by atoms with E-state index in [1.807, 2.05) is 0 Å². The number of benzene rings is 2. The lowest BCUT2D eigenvalue weighted by atomic mass is 10.1. The molecule has 0 aromatic heterocycles. The van der Waals surface area contributed by atoms with E-state index >= 15 is 0 Å². The van der Waals surface area contributed by atoms with Gasteiger partial charge in [0.25, 0.3) is 5.69 Å². The Bertz CT molecular complexity index is 654. The average molecular weight is 300 g/mol. The third kappa shape index (κ3) is 4.10. The molecule has 0 radical (unpaired) electrons. The average Bonchev–Trinajstić information content (AvgIpc) is 2.53. The van der Waals surface area contributed by atoms with Gasteiger partial charge in [0.05, 0.1) is 4.92 Å². The van der Waals surface area contributed by atoms with Crippen molar-refractivity contribution in [3.63, 3.8) is 0 Å². The summed E-state index contributed by atoms with van der Waals surface area (Å²) in [5.41, 5.74) is 3.12. The van der Waals surface area contributed by atoms with E-state index in [4.69, 9.17) is 12.2 Å². The molecule has 4 nitrogen and oxygen atoms in total. The van der Waals surface area contributed by atoms with E-state index in [-0.39, 0.29) is 5.69 Å². The molecule has 2 aromatic carbocycles. The number of hydrogen-bond acceptors (Lipinski definition) is 3. The van der Waals surface area contributed by atoms with Crippen molar-refractivity contribution >= 4 is 22.9 Å². The SMILES string of the molecule is CCc1ccc(CNC(=S)c2cccc([N+](=O)[O-])c2)cc1. The number of nitro benzene ring substituents is 1. The Hall–Kier alpha value is -2.27. The van der Waals surface area contributed by atoms with Gasteiger partial charge in [-0.25, -0.2) is 0 Å². The van der Waals surface area contributed by atoms with Crippen LogP contribution in [0.25, 0.3) is 0 Å². The quantitative estimate of drug-likeness (QED) is 0.520. The lowest BCUT2D eigenvalue weighted by molar-refractivity contribution is -0.384. The number of thiocarbonyl (C=S) groups is 1. The molecule has 5 heteroatoms. The molecule has 2 aromatic rings. The molecule has 0 atom stereocenters. The zero-order chi connectivity index (χ0) is 15.2. The van der Waals surface area contributed by atoms with Crippen molar-refractivity contribution in [3.05, 3.63) is 75.3 Å². The highest BCUT2D eigenvalue weighted by atomic mass is 32.1. The molecule has 2 rings (SSSR count). The van der Waals surface area contributed by atoms with Crippen molar-refractivity contribution in [1.29, 1.82) is 0 Å². The monoisotopic (exact) mass is 300 g/mol. The highest BCUT2D eigenvalue weighted by Gasteiger charge is 2.08. The number of rotatable bonds is 5. The van der Waals surface area contributed by atoms with E-state index in [0.29, 0.717) is 17.1 Å². The van der Waals surface area contributed by atoms with Crippen LogP contribution >= 0.6 is 12.2 Å². The first kappa shape index (κ1) is 15.1. The van der Waals surface area contributed by atoms with Gasteiger partial charge >= 0.3 is 0 Å². The first-order chi connectivity index (χ1) is 10.1. The standard InChI is InChI=1S/C16H16N2O2S/c1-2-12-6-8-13(9-7-12)11-17-16(21)14-4-3-5-15(10-14)18(19)20/h3-10H,2,11H2,1H3,(H,17,21). The third-order valence-electron chi connectivity index (χ3n) is 3.20. The topological polar surface area (TPSA) is 55.2 Å². The van der Waals surface area contributed by atoms with Crippen molar-refractivity contribution < 1.29 is 4.92 Å². The first-order valence-corrected chi connectivity index (χ1v) is 7.11. The summed E-state index contributed by atoms with van der Waals surface area (Å²) in [7, 11) is 0. The molecule has 0 aliphatic heterocycles. The molecule has 0 unspecified atom stereocenters. The predicted molar refractivity (Wildman–Crippen MR) is 87.5 cm³/mol. The van der Waals surface area contributed by atoms with Crippen molar-refractivity contribution in [1.82, 2.24) is 5.32 Å². The zero-order valence-corrected chi connectivity index (χ0v) is 12.5. The summed E-state index contributed by atoms with van der Waals surface area (Å²) < 4.78 is 0. The maximum atomic E-state index is 10.8. The summed E-state index contributed by atoms with van der Waals surface area (Å²) in [5, 5.41) is 13.9. The van der Waals surface area contributed by atoms with Crippen LogP contribution in [0.3, 0.4) is 0 Å². The molecule has 1 N–H and O–H groups in total. The van der Waals surface area contributed by atoms with E-state index in [0.717, 1.165) is 12.0 Å². The van der Waals surface area contributed by atoms with Crippen LogP contribution in [0.1, 0.15) is 23.6 Å². The van der Waals surface area contributed by atoms with Gasteiger partial charge in [-0.2, -0.15) is 0 Å². The van der Waals surface area contributed by atoms with E-state index in [1.165, 1.54) is 17.7 Å². The fourth-order valence-electron chi connectivity index (χ4n) is 1.94. The van der Waals surface area contributed by atoms with Crippen molar-refractivity contribution in [3.8, 4) is 0 Å². The minimum atomic E-state index is -0.421. The molecule has 0 saturated carbocycles. The number of non-ortho nitro benzene ring substituents is 1. The van der Waals surface area contributed by atoms with Gasteiger partial charge in [-0.05, 0) is 17.5 Å². The second-order valence-electron chi connectivity index (χ2n) is 4.66. The summed E-state index contributed by atoms with van der Waals surface area (Å²) in [6.07, 6.45) is 1.01. The van der Waals surface area contributed by atoms with Crippen LogP contribution in [0.5, 0.6) is 0 Å². The van der Waals surface area contributed by atoms with Crippen LogP contribution in [-0.4, -0.2) is 9.91 Å². The summed E-state index contributed by atoms with van der Waals surface area (Å²) in [4.78, 5) is 10.8. The zero-order valence-electron chi connectivity index (χ0n) is 11.7. The van der Waals surface area contributed by atoms with Crippen LogP contribution in [0.2, 0.25) is 0 Å². The fraction of sp³-hybridized carbons (Fsp3) is 0.188. The third-order valence-corrected chi connectivity index (χ3v) is 3.58. The van der Waals surface area contributed by atoms with Gasteiger partial charge in [-0.1, -0.05) is 55.5 Å². The molecule has 0 spiro atoms. The van der Waals surface area contributed by atoms with Crippen LogP contribution in [0.4, 0.5) is 5.69 Å². The second-order valence-corrected chi connectivity index (χ2v) is 5.07. The summed E-state index contributed by atoms with van der Waals surface area (Å²) in [6, 6.07) is 14.6. The highest BCUT2D eigenvalue weighted by Crippen LogP contribution is 2.13. The molecule has 108 valence electrons. The van der Waals surface area contributed by atoms with Crippen LogP contribution in [0, 0.1) is 10.1 Å². The van der Waals surface area contributed by atoms with Crippen molar-refractivity contribution in [2.75, 3.05) is 0 Å². The second kappa shape index (κ2) is 6.95. The molecule has 21 heavy (non-hydrogen) atoms. The van der Waals surface area contributed by atoms with Gasteiger partial charge in [0.2, 0.25) is 0 Å². The predicted octanol–water partition coefficient (Wildman–Crippen LogP) is 3.62. The number of nitrogens with one attached hydrogen (secondary N) is 1. The minimum Gasteiger partial charge on any atom is -0.372 e. The smallest absolute Gasteiger partial charge is 0.270 e. The van der Waals surface area contributed by atoms with Crippen LogP contribution in [-0.2, 0) is 13.0 Å². The Morgan fingerprint density at radius 2 is 1.86 bits per heavy atom. The van der Waals surface area contributed by atoms with Gasteiger partial charge in [0, 0.05) is 24.2 Å². The highest BCUT2D eigenvalue weighted by molar-refractivity contribution is 7.80. The molecule has 0 bridgehead atoms. The number of nitrogens with zero attached hydrogens (tertiary/aromatic N) is 1. The number of nitro groups is 1. The largest absolute Gasteiger partial charge is 0.372 e. The lowest BCUT2D eigenvalue weighted by Crippen LogP contribution is -2.21. The molecule has 0 saturated heterocycles. The maximum absolute atomic E-state index is 10.8. The number of aryl methyl sites for hydroxylation is 1. The maximum Gasteiger partial charge on any atom is 0.270 e. The Labute approximate surface area is 129 Å². The Kier molecular flexibility index (Phi) is 5.00. The molecular formula is C16H16N2O2S. The molecule has 0 aliphatic rings. The Morgan fingerprint density at radius 1 is 1.19 bits per heavy atom. The fourth-order valence-corrected chi connectivity index (χ4v) is 2.14. The van der Waals surface area contributed by atoms with E-state index in [2.05, 4.69) is 36.5 Å². The van der Waals surface area contributed by atoms with Crippen LogP contribution in [0.15, 0.2) is 48.5 Å². The Balaban J connectivity index is 2.00. The van der Waals surface area contributed by atoms with Crippen molar-refractivity contribution in [2.45, 2.75) is 19.9 Å². The van der Waals surface area contributed by atoms with E-state index in [9.17, 15) is 10.1 Å². The molecule has 0 heterocycles. The van der Waals surface area contributed by atoms with Crippen LogP contribution < -0.4 is 5.32 Å². The van der Waals surface area contributed by atoms with Gasteiger partial charge in [-0.15, -0.1) is 0 Å². The van der Waals surface area contributed by atoms with Gasteiger partial charge in [0.15, 0.2) is 0 Å². The Morgan fingerprint density at radius 3 is 2.48 bits per heavy atom. The summed E-state index contributed by atoms with van der Waals surface area (Å²) in [6.45, 7) is 2.72. The van der Waals surface area contributed by atoms with Crippen molar-refractivity contribution in [2.24, 2.45) is 0 Å².